The van der Waals surface area contributed by atoms with Crippen LogP contribution in [0.15, 0.2) is 0 Å². The molecule has 0 unspecified atom stereocenters. The van der Waals surface area contributed by atoms with Crippen molar-refractivity contribution in [3.8, 4) is 0 Å². The molecule has 0 aromatic carbocycles. The second kappa shape index (κ2) is 6.64. The Labute approximate surface area is 72.0 Å². The smallest absolute Gasteiger partial charge is 0.303 e. The quantitative estimate of drug-likeness (QED) is 0.583. The fourth-order valence-corrected chi connectivity index (χ4v) is 0.842. The van der Waals surface area contributed by atoms with Gasteiger partial charge in [0.15, 0.2) is 0 Å². The number of carboxylic acids is 1. The Bertz CT molecular complexity index is 138. The number of amides is 1. The summed E-state index contributed by atoms with van der Waals surface area (Å²) in [5.41, 5.74) is 0. The van der Waals surface area contributed by atoms with E-state index in [0.29, 0.717) is 13.0 Å². The Balaban J connectivity index is 3.01. The number of hydrogen-bond donors (Lipinski definition) is 2. The van der Waals surface area contributed by atoms with E-state index in [2.05, 4.69) is 5.32 Å². The summed E-state index contributed by atoms with van der Waals surface area (Å²) in [6.07, 6.45) is 2.62. The Kier molecular flexibility index (Phi) is 6.05. The fraction of sp³-hybridized carbons (Fsp3) is 0.750. The van der Waals surface area contributed by atoms with E-state index in [1.54, 1.807) is 0 Å². The van der Waals surface area contributed by atoms with E-state index in [-0.39, 0.29) is 12.3 Å². The summed E-state index contributed by atoms with van der Waals surface area (Å²) in [4.78, 5) is 20.4. The lowest BCUT2D eigenvalue weighted by molar-refractivity contribution is -0.137. The lowest BCUT2D eigenvalue weighted by atomic mass is 10.2. The van der Waals surface area contributed by atoms with Gasteiger partial charge in [-0.05, 0) is 12.8 Å². The fourth-order valence-electron chi connectivity index (χ4n) is 0.842. The molecule has 0 atom stereocenters. The molecule has 0 aliphatic heterocycles. The summed E-state index contributed by atoms with van der Waals surface area (Å²) in [5.74, 6) is -0.789. The Morgan fingerprint density at radius 3 is 2.42 bits per heavy atom. The standard InChI is InChI=1S/C8H15NO3/c1-7(10)9-6-4-2-3-5-8(11)12/h2-6H2,1H3,(H,9,10)(H,11,12). The van der Waals surface area contributed by atoms with Gasteiger partial charge in [0.25, 0.3) is 0 Å². The van der Waals surface area contributed by atoms with Crippen LogP contribution in [-0.2, 0) is 9.59 Å². The molecule has 2 N–H and O–H groups in total. The van der Waals surface area contributed by atoms with Crippen molar-refractivity contribution in [1.29, 1.82) is 0 Å². The van der Waals surface area contributed by atoms with Gasteiger partial charge in [0.2, 0.25) is 5.91 Å². The molecule has 12 heavy (non-hydrogen) atoms. The SMILES string of the molecule is CC(=O)NCCCCCC(=O)O. The first-order valence-corrected chi connectivity index (χ1v) is 4.09. The van der Waals surface area contributed by atoms with Crippen LogP contribution in [-0.4, -0.2) is 23.5 Å². The van der Waals surface area contributed by atoms with Crippen molar-refractivity contribution in [3.05, 3.63) is 0 Å². The Hall–Kier alpha value is -1.06. The van der Waals surface area contributed by atoms with Crippen molar-refractivity contribution >= 4 is 11.9 Å². The number of unbranched alkanes of at least 4 members (excludes halogenated alkanes) is 2. The number of carboxylic acid groups (broad SMARTS) is 1. The van der Waals surface area contributed by atoms with Gasteiger partial charge in [-0.25, -0.2) is 0 Å². The predicted molar refractivity (Wildman–Crippen MR) is 44.8 cm³/mol. The summed E-state index contributed by atoms with van der Waals surface area (Å²) in [7, 11) is 0. The van der Waals surface area contributed by atoms with E-state index in [9.17, 15) is 9.59 Å². The van der Waals surface area contributed by atoms with Crippen LogP contribution in [0.2, 0.25) is 0 Å². The van der Waals surface area contributed by atoms with Gasteiger partial charge in [-0.3, -0.25) is 9.59 Å². The molecule has 0 aliphatic carbocycles. The molecule has 0 bridgehead atoms. The van der Waals surface area contributed by atoms with Crippen LogP contribution in [0.3, 0.4) is 0 Å². The number of carbonyl (C=O) groups is 2. The lowest BCUT2D eigenvalue weighted by Gasteiger charge is -2.00. The highest BCUT2D eigenvalue weighted by molar-refractivity contribution is 5.72. The van der Waals surface area contributed by atoms with Gasteiger partial charge in [-0.15, -0.1) is 0 Å². The molecule has 0 saturated heterocycles. The number of carbonyl (C=O) groups excluding carboxylic acids is 1. The van der Waals surface area contributed by atoms with Gasteiger partial charge in [0.1, 0.15) is 0 Å². The maximum absolute atomic E-state index is 10.4. The highest BCUT2D eigenvalue weighted by Crippen LogP contribution is 1.98. The van der Waals surface area contributed by atoms with Gasteiger partial charge < -0.3 is 10.4 Å². The van der Waals surface area contributed by atoms with Crippen molar-refractivity contribution in [3.63, 3.8) is 0 Å². The van der Waals surface area contributed by atoms with E-state index in [1.807, 2.05) is 0 Å². The summed E-state index contributed by atoms with van der Waals surface area (Å²) >= 11 is 0. The van der Waals surface area contributed by atoms with Crippen LogP contribution in [0.25, 0.3) is 0 Å². The first-order chi connectivity index (χ1) is 5.63. The molecule has 0 radical (unpaired) electrons. The van der Waals surface area contributed by atoms with E-state index >= 15 is 0 Å². The highest BCUT2D eigenvalue weighted by atomic mass is 16.4. The van der Waals surface area contributed by atoms with Crippen molar-refractivity contribution in [2.24, 2.45) is 0 Å². The second-order valence-corrected chi connectivity index (χ2v) is 2.69. The first kappa shape index (κ1) is 10.9. The summed E-state index contributed by atoms with van der Waals surface area (Å²) in [5, 5.41) is 10.9. The van der Waals surface area contributed by atoms with Gasteiger partial charge >= 0.3 is 5.97 Å². The monoisotopic (exact) mass is 173 g/mol. The molecule has 0 heterocycles. The van der Waals surface area contributed by atoms with Gasteiger partial charge in [0.05, 0.1) is 0 Å². The van der Waals surface area contributed by atoms with Crippen molar-refractivity contribution in [2.75, 3.05) is 6.54 Å². The molecular weight excluding hydrogens is 158 g/mol. The van der Waals surface area contributed by atoms with Crippen LogP contribution in [0.4, 0.5) is 0 Å². The Morgan fingerprint density at radius 1 is 1.25 bits per heavy atom. The topological polar surface area (TPSA) is 66.4 Å². The van der Waals surface area contributed by atoms with Gasteiger partial charge in [-0.1, -0.05) is 6.42 Å². The molecule has 70 valence electrons. The second-order valence-electron chi connectivity index (χ2n) is 2.69. The molecule has 0 aromatic heterocycles. The van der Waals surface area contributed by atoms with E-state index in [1.165, 1.54) is 6.92 Å². The molecule has 0 fully saturated rings. The third-order valence-electron chi connectivity index (χ3n) is 1.44. The lowest BCUT2D eigenvalue weighted by Crippen LogP contribution is -2.20. The summed E-state index contributed by atoms with van der Waals surface area (Å²) in [6, 6.07) is 0. The highest BCUT2D eigenvalue weighted by Gasteiger charge is 1.96. The maximum atomic E-state index is 10.4. The van der Waals surface area contributed by atoms with Crippen molar-refractivity contribution in [1.82, 2.24) is 5.32 Å². The maximum Gasteiger partial charge on any atom is 0.303 e. The minimum Gasteiger partial charge on any atom is -0.481 e. The van der Waals surface area contributed by atoms with Crippen molar-refractivity contribution in [2.45, 2.75) is 32.6 Å². The average Bonchev–Trinajstić information content (AvgIpc) is 1.95. The molecule has 0 rings (SSSR count). The van der Waals surface area contributed by atoms with Crippen LogP contribution >= 0.6 is 0 Å². The zero-order valence-corrected chi connectivity index (χ0v) is 7.30. The normalized spacial score (nSPS) is 9.42. The zero-order chi connectivity index (χ0) is 9.40. The molecule has 0 aromatic rings. The number of aliphatic carboxylic acids is 1. The van der Waals surface area contributed by atoms with Crippen LogP contribution < -0.4 is 5.32 Å². The number of hydrogen-bond acceptors (Lipinski definition) is 2. The molecule has 0 saturated carbocycles. The van der Waals surface area contributed by atoms with E-state index in [0.717, 1.165) is 12.8 Å². The minimum atomic E-state index is -0.755. The third-order valence-corrected chi connectivity index (χ3v) is 1.44. The van der Waals surface area contributed by atoms with Gasteiger partial charge in [-0.2, -0.15) is 0 Å². The molecular formula is C8H15NO3. The first-order valence-electron chi connectivity index (χ1n) is 4.09. The molecule has 4 nitrogen and oxygen atoms in total. The van der Waals surface area contributed by atoms with E-state index in [4.69, 9.17) is 5.11 Å². The van der Waals surface area contributed by atoms with Crippen molar-refractivity contribution < 1.29 is 14.7 Å². The third kappa shape index (κ3) is 8.94. The average molecular weight is 173 g/mol. The van der Waals surface area contributed by atoms with Crippen LogP contribution in [0, 0.1) is 0 Å². The predicted octanol–water partition coefficient (Wildman–Crippen LogP) is 0.767. The summed E-state index contributed by atoms with van der Waals surface area (Å²) < 4.78 is 0. The van der Waals surface area contributed by atoms with E-state index < -0.39 is 5.97 Å². The molecule has 1 amide bonds. The van der Waals surface area contributed by atoms with Crippen LogP contribution in [0.1, 0.15) is 32.6 Å². The minimum absolute atomic E-state index is 0.0340. The number of rotatable bonds is 6. The molecule has 0 spiro atoms. The zero-order valence-electron chi connectivity index (χ0n) is 7.30. The number of nitrogens with one attached hydrogen (secondary N) is 1. The molecule has 4 heteroatoms. The Morgan fingerprint density at radius 2 is 1.92 bits per heavy atom. The largest absolute Gasteiger partial charge is 0.481 e. The van der Waals surface area contributed by atoms with Crippen LogP contribution in [0.5, 0.6) is 0 Å². The van der Waals surface area contributed by atoms with Gasteiger partial charge in [0, 0.05) is 19.9 Å². The molecule has 0 aliphatic rings. The summed E-state index contributed by atoms with van der Waals surface area (Å²) in [6.45, 7) is 2.12.